The normalized spacial score (nSPS) is 22.7. The molecule has 0 aliphatic carbocycles. The van der Waals surface area contributed by atoms with Crippen LogP contribution >= 0.6 is 0 Å². The Balaban J connectivity index is 1.93. The summed E-state index contributed by atoms with van der Waals surface area (Å²) in [6.07, 6.45) is 2.10. The molecule has 114 valence electrons. The molecule has 1 aromatic carbocycles. The Labute approximate surface area is 126 Å². The first-order chi connectivity index (χ1) is 9.92. The van der Waals surface area contributed by atoms with E-state index in [0.717, 1.165) is 25.9 Å². The van der Waals surface area contributed by atoms with Crippen LogP contribution in [0.3, 0.4) is 0 Å². The fourth-order valence-electron chi connectivity index (χ4n) is 2.50. The molecule has 6 heteroatoms. The largest absolute Gasteiger partial charge is 0.316 e. The van der Waals surface area contributed by atoms with Crippen molar-refractivity contribution in [2.75, 3.05) is 19.6 Å². The van der Waals surface area contributed by atoms with Gasteiger partial charge in [-0.2, -0.15) is 5.26 Å². The summed E-state index contributed by atoms with van der Waals surface area (Å²) in [6, 6.07) is 8.65. The zero-order valence-corrected chi connectivity index (χ0v) is 13.0. The van der Waals surface area contributed by atoms with Crippen molar-refractivity contribution in [3.05, 3.63) is 35.4 Å². The molecule has 0 spiro atoms. The smallest absolute Gasteiger partial charge is 0.215 e. The third-order valence-electron chi connectivity index (χ3n) is 3.84. The highest BCUT2D eigenvalue weighted by molar-refractivity contribution is 7.88. The minimum absolute atomic E-state index is 0.0179. The molecule has 1 heterocycles. The van der Waals surface area contributed by atoms with Crippen molar-refractivity contribution in [1.29, 1.82) is 5.26 Å². The number of sulfonamides is 1. The minimum Gasteiger partial charge on any atom is -0.316 e. The van der Waals surface area contributed by atoms with E-state index in [1.54, 1.807) is 24.3 Å². The quantitative estimate of drug-likeness (QED) is 0.860. The molecule has 1 aliphatic rings. The van der Waals surface area contributed by atoms with E-state index in [4.69, 9.17) is 5.26 Å². The van der Waals surface area contributed by atoms with E-state index in [1.807, 2.05) is 6.07 Å². The van der Waals surface area contributed by atoms with Crippen LogP contribution in [-0.4, -0.2) is 28.1 Å². The van der Waals surface area contributed by atoms with E-state index < -0.39 is 10.0 Å². The van der Waals surface area contributed by atoms with Gasteiger partial charge in [0.1, 0.15) is 0 Å². The highest BCUT2D eigenvalue weighted by atomic mass is 32.2. The van der Waals surface area contributed by atoms with E-state index in [9.17, 15) is 8.42 Å². The molecule has 1 unspecified atom stereocenters. The molecule has 1 fully saturated rings. The maximum atomic E-state index is 12.1. The van der Waals surface area contributed by atoms with Gasteiger partial charge in [-0.1, -0.05) is 19.1 Å². The van der Waals surface area contributed by atoms with Gasteiger partial charge in [0.2, 0.25) is 10.0 Å². The van der Waals surface area contributed by atoms with Crippen molar-refractivity contribution >= 4 is 10.0 Å². The fraction of sp³-hybridized carbons (Fsp3) is 0.533. The zero-order valence-electron chi connectivity index (χ0n) is 12.2. The van der Waals surface area contributed by atoms with Crippen LogP contribution < -0.4 is 10.0 Å². The molecule has 0 amide bonds. The Morgan fingerprint density at radius 1 is 1.38 bits per heavy atom. The zero-order chi connectivity index (χ0) is 15.3. The molecule has 5 nitrogen and oxygen atoms in total. The van der Waals surface area contributed by atoms with Crippen LogP contribution in [0.4, 0.5) is 0 Å². The lowest BCUT2D eigenvalue weighted by Crippen LogP contribution is -2.45. The average molecular weight is 307 g/mol. The van der Waals surface area contributed by atoms with Gasteiger partial charge in [-0.25, -0.2) is 13.1 Å². The summed E-state index contributed by atoms with van der Waals surface area (Å²) >= 11 is 0. The fourth-order valence-corrected chi connectivity index (χ4v) is 3.80. The Morgan fingerprint density at radius 3 is 2.67 bits per heavy atom. The standard InChI is InChI=1S/C15H21N3O2S/c1-15(7-2-8-17-11-15)12-18-21(19,20)10-14-5-3-13(9-16)4-6-14/h3-6,17-18H,2,7-8,10-12H2,1H3. The number of nitrogens with zero attached hydrogens (tertiary/aromatic N) is 1. The van der Waals surface area contributed by atoms with Gasteiger partial charge in [0.25, 0.3) is 0 Å². The molecular formula is C15H21N3O2S. The van der Waals surface area contributed by atoms with Crippen molar-refractivity contribution in [2.45, 2.75) is 25.5 Å². The van der Waals surface area contributed by atoms with Gasteiger partial charge in [0.05, 0.1) is 17.4 Å². The maximum Gasteiger partial charge on any atom is 0.215 e. The molecule has 1 saturated heterocycles. The summed E-state index contributed by atoms with van der Waals surface area (Å²) in [6.45, 7) is 4.40. The lowest BCUT2D eigenvalue weighted by molar-refractivity contribution is 0.238. The molecular weight excluding hydrogens is 286 g/mol. The molecule has 0 bridgehead atoms. The van der Waals surface area contributed by atoms with Crippen LogP contribution in [0.25, 0.3) is 0 Å². The number of benzene rings is 1. The van der Waals surface area contributed by atoms with Gasteiger partial charge in [0, 0.05) is 13.1 Å². The van der Waals surface area contributed by atoms with E-state index in [0.29, 0.717) is 17.7 Å². The van der Waals surface area contributed by atoms with Crippen LogP contribution in [0, 0.1) is 16.7 Å². The molecule has 1 aliphatic heterocycles. The number of nitriles is 1. The Morgan fingerprint density at radius 2 is 2.10 bits per heavy atom. The number of nitrogens with one attached hydrogen (secondary N) is 2. The molecule has 2 rings (SSSR count). The van der Waals surface area contributed by atoms with Crippen molar-refractivity contribution < 1.29 is 8.42 Å². The first kappa shape index (κ1) is 16.0. The summed E-state index contributed by atoms with van der Waals surface area (Å²) in [5.74, 6) is -0.0534. The monoisotopic (exact) mass is 307 g/mol. The Hall–Kier alpha value is -1.42. The lowest BCUT2D eigenvalue weighted by Gasteiger charge is -2.34. The second-order valence-electron chi connectivity index (χ2n) is 5.98. The SMILES string of the molecule is CC1(CNS(=O)(=O)Cc2ccc(C#N)cc2)CCCNC1. The van der Waals surface area contributed by atoms with E-state index in [-0.39, 0.29) is 11.2 Å². The molecule has 1 atom stereocenters. The van der Waals surface area contributed by atoms with E-state index in [1.165, 1.54) is 0 Å². The minimum atomic E-state index is -3.35. The van der Waals surface area contributed by atoms with Crippen LogP contribution in [0.2, 0.25) is 0 Å². The summed E-state index contributed by atoms with van der Waals surface area (Å²) < 4.78 is 27.0. The predicted molar refractivity (Wildman–Crippen MR) is 82.0 cm³/mol. The third-order valence-corrected chi connectivity index (χ3v) is 5.14. The van der Waals surface area contributed by atoms with Crippen LogP contribution in [0.15, 0.2) is 24.3 Å². The Bertz CT molecular complexity index is 611. The third kappa shape index (κ3) is 4.81. The first-order valence-corrected chi connectivity index (χ1v) is 8.75. The van der Waals surface area contributed by atoms with Gasteiger partial charge in [-0.05, 0) is 42.5 Å². The topological polar surface area (TPSA) is 82.0 Å². The van der Waals surface area contributed by atoms with Crippen LogP contribution in [-0.2, 0) is 15.8 Å². The molecule has 0 radical (unpaired) electrons. The van der Waals surface area contributed by atoms with Crippen molar-refractivity contribution in [3.63, 3.8) is 0 Å². The van der Waals surface area contributed by atoms with Gasteiger partial charge >= 0.3 is 0 Å². The predicted octanol–water partition coefficient (Wildman–Crippen LogP) is 1.37. The highest BCUT2D eigenvalue weighted by Crippen LogP contribution is 2.24. The van der Waals surface area contributed by atoms with Gasteiger partial charge in [-0.15, -0.1) is 0 Å². The molecule has 0 aromatic heterocycles. The van der Waals surface area contributed by atoms with Crippen LogP contribution in [0.5, 0.6) is 0 Å². The van der Waals surface area contributed by atoms with Crippen LogP contribution in [0.1, 0.15) is 30.9 Å². The van der Waals surface area contributed by atoms with Gasteiger partial charge in [0.15, 0.2) is 0 Å². The van der Waals surface area contributed by atoms with Crippen molar-refractivity contribution in [2.24, 2.45) is 5.41 Å². The summed E-state index contributed by atoms with van der Waals surface area (Å²) in [4.78, 5) is 0. The molecule has 0 saturated carbocycles. The molecule has 1 aromatic rings. The average Bonchev–Trinajstić information content (AvgIpc) is 2.47. The van der Waals surface area contributed by atoms with Crippen molar-refractivity contribution in [3.8, 4) is 6.07 Å². The summed E-state index contributed by atoms with van der Waals surface area (Å²) in [5, 5.41) is 12.0. The number of hydrogen-bond acceptors (Lipinski definition) is 4. The highest BCUT2D eigenvalue weighted by Gasteiger charge is 2.28. The summed E-state index contributed by atoms with van der Waals surface area (Å²) in [7, 11) is -3.35. The second kappa shape index (κ2) is 6.56. The lowest BCUT2D eigenvalue weighted by atomic mass is 9.83. The second-order valence-corrected chi connectivity index (χ2v) is 7.79. The van der Waals surface area contributed by atoms with Gasteiger partial charge in [-0.3, -0.25) is 0 Å². The number of hydrogen-bond donors (Lipinski definition) is 2. The summed E-state index contributed by atoms with van der Waals surface area (Å²) in [5.41, 5.74) is 1.20. The van der Waals surface area contributed by atoms with E-state index in [2.05, 4.69) is 17.0 Å². The number of piperidine rings is 1. The van der Waals surface area contributed by atoms with Crippen molar-refractivity contribution in [1.82, 2.24) is 10.0 Å². The molecule has 21 heavy (non-hydrogen) atoms. The van der Waals surface area contributed by atoms with Gasteiger partial charge < -0.3 is 5.32 Å². The first-order valence-electron chi connectivity index (χ1n) is 7.10. The molecule has 2 N–H and O–H groups in total. The van der Waals surface area contributed by atoms with E-state index >= 15 is 0 Å². The maximum absolute atomic E-state index is 12.1. The number of rotatable bonds is 5. The Kier molecular flexibility index (Phi) is 4.99.